The summed E-state index contributed by atoms with van der Waals surface area (Å²) < 4.78 is 0. The fourth-order valence-corrected chi connectivity index (χ4v) is 6.27. The third kappa shape index (κ3) is 2.27. The standard InChI is InChI=1S/C21H32O3/c1-5-21(24,13-22)20(4)11-9-18-17(14(20)2)7-6-15-12-16(23)8-10-19(15,18)3/h12-14,17-18,24H,5-11H2,1-4H3/t14?,17?,18?,19?,20?,21-/m0/s1. The van der Waals surface area contributed by atoms with E-state index in [1.807, 2.05) is 13.0 Å². The quantitative estimate of drug-likeness (QED) is 0.792. The molecule has 0 aromatic carbocycles. The van der Waals surface area contributed by atoms with Gasteiger partial charge in [-0.15, -0.1) is 0 Å². The molecule has 134 valence electrons. The highest BCUT2D eigenvalue weighted by atomic mass is 16.3. The van der Waals surface area contributed by atoms with Crippen LogP contribution < -0.4 is 0 Å². The summed E-state index contributed by atoms with van der Waals surface area (Å²) in [7, 11) is 0. The summed E-state index contributed by atoms with van der Waals surface area (Å²) >= 11 is 0. The molecule has 0 radical (unpaired) electrons. The lowest BCUT2D eigenvalue weighted by atomic mass is 9.45. The Kier molecular flexibility index (Phi) is 4.31. The van der Waals surface area contributed by atoms with Crippen molar-refractivity contribution in [3.05, 3.63) is 11.6 Å². The van der Waals surface area contributed by atoms with Gasteiger partial charge in [0.25, 0.3) is 0 Å². The normalized spacial score (nSPS) is 44.8. The molecule has 3 heteroatoms. The maximum Gasteiger partial charge on any atom is 0.155 e. The molecule has 24 heavy (non-hydrogen) atoms. The average Bonchev–Trinajstić information content (AvgIpc) is 2.57. The summed E-state index contributed by atoms with van der Waals surface area (Å²) in [6, 6.07) is 0. The Morgan fingerprint density at radius 1 is 1.29 bits per heavy atom. The monoisotopic (exact) mass is 332 g/mol. The first-order valence-electron chi connectivity index (χ1n) is 9.64. The molecule has 5 unspecified atom stereocenters. The van der Waals surface area contributed by atoms with Gasteiger partial charge in [-0.25, -0.2) is 0 Å². The van der Waals surface area contributed by atoms with Crippen LogP contribution in [0.5, 0.6) is 0 Å². The van der Waals surface area contributed by atoms with E-state index in [2.05, 4.69) is 20.8 Å². The second-order valence-electron chi connectivity index (χ2n) is 9.00. The fourth-order valence-electron chi connectivity index (χ4n) is 6.27. The van der Waals surface area contributed by atoms with E-state index >= 15 is 0 Å². The van der Waals surface area contributed by atoms with E-state index in [1.54, 1.807) is 0 Å². The van der Waals surface area contributed by atoms with Crippen LogP contribution in [-0.2, 0) is 9.59 Å². The number of fused-ring (bicyclic) bond motifs is 3. The highest BCUT2D eigenvalue weighted by molar-refractivity contribution is 5.91. The molecule has 0 amide bonds. The lowest BCUT2D eigenvalue weighted by molar-refractivity contribution is -0.168. The minimum atomic E-state index is -1.23. The van der Waals surface area contributed by atoms with Gasteiger partial charge in [0, 0.05) is 11.8 Å². The molecule has 0 heterocycles. The van der Waals surface area contributed by atoms with Crippen LogP contribution in [0.1, 0.15) is 72.6 Å². The van der Waals surface area contributed by atoms with E-state index in [-0.39, 0.29) is 16.6 Å². The molecule has 3 nitrogen and oxygen atoms in total. The van der Waals surface area contributed by atoms with Gasteiger partial charge in [-0.1, -0.05) is 33.3 Å². The summed E-state index contributed by atoms with van der Waals surface area (Å²) in [5, 5.41) is 11.0. The number of hydrogen-bond donors (Lipinski definition) is 1. The van der Waals surface area contributed by atoms with E-state index in [1.165, 1.54) is 5.57 Å². The molecule has 3 rings (SSSR count). The van der Waals surface area contributed by atoms with Crippen LogP contribution in [0.25, 0.3) is 0 Å². The first-order chi connectivity index (χ1) is 11.2. The molecule has 2 fully saturated rings. The number of aldehydes is 1. The lowest BCUT2D eigenvalue weighted by Gasteiger charge is -2.60. The SMILES string of the molecule is CC[C@](O)(C=O)C1(C)CCC2C(CCC3=CC(=O)CCC32C)C1C. The molecule has 0 aromatic heterocycles. The second-order valence-corrected chi connectivity index (χ2v) is 9.00. The number of ketones is 1. The van der Waals surface area contributed by atoms with E-state index in [9.17, 15) is 14.7 Å². The molecule has 0 aromatic rings. The number of carbonyl (C=O) groups is 2. The summed E-state index contributed by atoms with van der Waals surface area (Å²) in [4.78, 5) is 23.5. The van der Waals surface area contributed by atoms with E-state index in [4.69, 9.17) is 0 Å². The van der Waals surface area contributed by atoms with Crippen molar-refractivity contribution in [1.29, 1.82) is 0 Å². The van der Waals surface area contributed by atoms with Gasteiger partial charge in [-0.3, -0.25) is 4.79 Å². The first kappa shape index (κ1) is 17.8. The average molecular weight is 332 g/mol. The van der Waals surface area contributed by atoms with Gasteiger partial charge in [0.15, 0.2) is 12.1 Å². The molecule has 2 saturated carbocycles. The Morgan fingerprint density at radius 3 is 2.62 bits per heavy atom. The van der Waals surface area contributed by atoms with Crippen molar-refractivity contribution in [2.75, 3.05) is 0 Å². The predicted molar refractivity (Wildman–Crippen MR) is 94.5 cm³/mol. The molecule has 0 aliphatic heterocycles. The third-order valence-electron chi connectivity index (χ3n) is 8.39. The Morgan fingerprint density at radius 2 is 2.00 bits per heavy atom. The Hall–Kier alpha value is -0.960. The molecule has 0 saturated heterocycles. The summed E-state index contributed by atoms with van der Waals surface area (Å²) in [6.45, 7) is 8.62. The molecular weight excluding hydrogens is 300 g/mol. The zero-order valence-electron chi connectivity index (χ0n) is 15.6. The topological polar surface area (TPSA) is 54.4 Å². The predicted octanol–water partition coefficient (Wildman–Crippen LogP) is 4.08. The van der Waals surface area contributed by atoms with Crippen LogP contribution in [0.4, 0.5) is 0 Å². The summed E-state index contributed by atoms with van der Waals surface area (Å²) in [5.41, 5.74) is -0.0846. The molecule has 0 spiro atoms. The highest BCUT2D eigenvalue weighted by Gasteiger charge is 2.59. The van der Waals surface area contributed by atoms with Gasteiger partial charge in [0.05, 0.1) is 0 Å². The lowest BCUT2D eigenvalue weighted by Crippen LogP contribution is -2.58. The minimum absolute atomic E-state index is 0.137. The molecule has 3 aliphatic rings. The van der Waals surface area contributed by atoms with E-state index in [0.717, 1.165) is 38.4 Å². The van der Waals surface area contributed by atoms with Crippen molar-refractivity contribution in [2.45, 2.75) is 78.2 Å². The molecule has 6 atom stereocenters. The van der Waals surface area contributed by atoms with Crippen molar-refractivity contribution in [3.8, 4) is 0 Å². The van der Waals surface area contributed by atoms with Crippen molar-refractivity contribution >= 4 is 12.1 Å². The van der Waals surface area contributed by atoms with Gasteiger partial charge in [-0.2, -0.15) is 0 Å². The van der Waals surface area contributed by atoms with Crippen molar-refractivity contribution in [1.82, 2.24) is 0 Å². The van der Waals surface area contributed by atoms with Crippen molar-refractivity contribution in [2.24, 2.45) is 28.6 Å². The molecular formula is C21H32O3. The van der Waals surface area contributed by atoms with E-state index in [0.29, 0.717) is 30.6 Å². The molecule has 3 aliphatic carbocycles. The Bertz CT molecular complexity index is 580. The zero-order chi connectivity index (χ0) is 17.8. The first-order valence-corrected chi connectivity index (χ1v) is 9.64. The van der Waals surface area contributed by atoms with Crippen LogP contribution in [0.2, 0.25) is 0 Å². The smallest absolute Gasteiger partial charge is 0.155 e. The maximum atomic E-state index is 11.8. The number of allylic oxidation sites excluding steroid dienone is 2. The van der Waals surface area contributed by atoms with Crippen LogP contribution in [-0.4, -0.2) is 22.8 Å². The number of aliphatic hydroxyl groups is 1. The van der Waals surface area contributed by atoms with Gasteiger partial charge >= 0.3 is 0 Å². The Labute approximate surface area is 145 Å². The van der Waals surface area contributed by atoms with Crippen molar-refractivity contribution < 1.29 is 14.7 Å². The van der Waals surface area contributed by atoms with Crippen LogP contribution in [0, 0.1) is 28.6 Å². The Balaban J connectivity index is 1.94. The zero-order valence-corrected chi connectivity index (χ0v) is 15.6. The molecule has 0 bridgehead atoms. The van der Waals surface area contributed by atoms with Crippen LogP contribution in [0.3, 0.4) is 0 Å². The number of carbonyl (C=O) groups excluding carboxylic acids is 2. The van der Waals surface area contributed by atoms with Crippen LogP contribution >= 0.6 is 0 Å². The largest absolute Gasteiger partial charge is 0.382 e. The van der Waals surface area contributed by atoms with Crippen molar-refractivity contribution in [3.63, 3.8) is 0 Å². The summed E-state index contributed by atoms with van der Waals surface area (Å²) in [6.07, 6.45) is 8.83. The highest BCUT2D eigenvalue weighted by Crippen LogP contribution is 2.63. The summed E-state index contributed by atoms with van der Waals surface area (Å²) in [5.74, 6) is 1.69. The minimum Gasteiger partial charge on any atom is -0.382 e. The fraction of sp³-hybridized carbons (Fsp3) is 0.810. The van der Waals surface area contributed by atoms with Gasteiger partial charge in [0.1, 0.15) is 5.60 Å². The molecule has 1 N–H and O–H groups in total. The van der Waals surface area contributed by atoms with E-state index < -0.39 is 5.60 Å². The number of rotatable bonds is 3. The van der Waals surface area contributed by atoms with Gasteiger partial charge in [-0.05, 0) is 67.8 Å². The second kappa shape index (κ2) is 5.79. The third-order valence-corrected chi connectivity index (χ3v) is 8.39. The van der Waals surface area contributed by atoms with Gasteiger partial charge < -0.3 is 9.90 Å². The van der Waals surface area contributed by atoms with Crippen LogP contribution in [0.15, 0.2) is 11.6 Å². The number of hydrogen-bond acceptors (Lipinski definition) is 3. The maximum absolute atomic E-state index is 11.8. The van der Waals surface area contributed by atoms with Gasteiger partial charge in [0.2, 0.25) is 0 Å².